The lowest BCUT2D eigenvalue weighted by Gasteiger charge is -2.23. The van der Waals surface area contributed by atoms with Crippen LogP contribution in [0.3, 0.4) is 0 Å². The van der Waals surface area contributed by atoms with Crippen LogP contribution in [0.5, 0.6) is 0 Å². The van der Waals surface area contributed by atoms with E-state index in [1.54, 1.807) is 12.4 Å². The number of anilines is 1. The number of hydrogen-bond acceptors (Lipinski definition) is 4. The van der Waals surface area contributed by atoms with Gasteiger partial charge in [0, 0.05) is 19.6 Å². The molecule has 2 aromatic rings. The standard InChI is InChI=1S/C15H20N4/c1-2-8-19(12-13-6-4-3-5-7-13)15-11-17-14(9-16)10-18-15/h3-7,10-11H,2,8-9,12,16H2,1H3. The molecular weight excluding hydrogens is 236 g/mol. The molecule has 4 heteroatoms. The third kappa shape index (κ3) is 3.76. The summed E-state index contributed by atoms with van der Waals surface area (Å²) >= 11 is 0. The molecule has 2 rings (SSSR count). The second-order valence-corrected chi connectivity index (χ2v) is 4.48. The van der Waals surface area contributed by atoms with Gasteiger partial charge >= 0.3 is 0 Å². The fourth-order valence-corrected chi connectivity index (χ4v) is 1.96. The van der Waals surface area contributed by atoms with Gasteiger partial charge in [-0.3, -0.25) is 4.98 Å². The molecule has 0 amide bonds. The maximum atomic E-state index is 5.54. The van der Waals surface area contributed by atoms with Crippen LogP contribution in [0.2, 0.25) is 0 Å². The molecule has 0 radical (unpaired) electrons. The fourth-order valence-electron chi connectivity index (χ4n) is 1.96. The zero-order valence-corrected chi connectivity index (χ0v) is 11.3. The van der Waals surface area contributed by atoms with Crippen LogP contribution in [-0.2, 0) is 13.1 Å². The van der Waals surface area contributed by atoms with E-state index in [0.717, 1.165) is 31.0 Å². The van der Waals surface area contributed by atoms with Crippen LogP contribution >= 0.6 is 0 Å². The van der Waals surface area contributed by atoms with Gasteiger partial charge in [0.15, 0.2) is 0 Å². The predicted molar refractivity (Wildman–Crippen MR) is 77.7 cm³/mol. The van der Waals surface area contributed by atoms with Crippen molar-refractivity contribution in [3.05, 3.63) is 54.0 Å². The van der Waals surface area contributed by atoms with Crippen LogP contribution in [0.4, 0.5) is 5.82 Å². The molecule has 1 aromatic heterocycles. The van der Waals surface area contributed by atoms with E-state index in [1.165, 1.54) is 5.56 Å². The van der Waals surface area contributed by atoms with Crippen LogP contribution in [0.1, 0.15) is 24.6 Å². The lowest BCUT2D eigenvalue weighted by molar-refractivity contribution is 0.749. The minimum Gasteiger partial charge on any atom is -0.351 e. The minimum atomic E-state index is 0.430. The highest BCUT2D eigenvalue weighted by atomic mass is 15.2. The van der Waals surface area contributed by atoms with Crippen molar-refractivity contribution in [2.24, 2.45) is 5.73 Å². The van der Waals surface area contributed by atoms with E-state index in [9.17, 15) is 0 Å². The van der Waals surface area contributed by atoms with E-state index in [0.29, 0.717) is 6.54 Å². The minimum absolute atomic E-state index is 0.430. The second kappa shape index (κ2) is 6.85. The average Bonchev–Trinajstić information content (AvgIpc) is 2.48. The van der Waals surface area contributed by atoms with Crippen molar-refractivity contribution in [3.63, 3.8) is 0 Å². The Morgan fingerprint density at radius 1 is 1.11 bits per heavy atom. The van der Waals surface area contributed by atoms with Gasteiger partial charge in [0.2, 0.25) is 0 Å². The Morgan fingerprint density at radius 3 is 2.47 bits per heavy atom. The number of hydrogen-bond donors (Lipinski definition) is 1. The first-order chi connectivity index (χ1) is 9.33. The zero-order valence-electron chi connectivity index (χ0n) is 11.3. The van der Waals surface area contributed by atoms with Crippen molar-refractivity contribution in [2.45, 2.75) is 26.4 Å². The van der Waals surface area contributed by atoms with Crippen molar-refractivity contribution < 1.29 is 0 Å². The Kier molecular flexibility index (Phi) is 4.86. The molecule has 0 aliphatic carbocycles. The fraction of sp³-hybridized carbons (Fsp3) is 0.333. The van der Waals surface area contributed by atoms with Gasteiger partial charge in [0.1, 0.15) is 5.82 Å². The van der Waals surface area contributed by atoms with Crippen LogP contribution < -0.4 is 10.6 Å². The topological polar surface area (TPSA) is 55.0 Å². The first kappa shape index (κ1) is 13.5. The predicted octanol–water partition coefficient (Wildman–Crippen LogP) is 2.35. The molecule has 0 atom stereocenters. The summed E-state index contributed by atoms with van der Waals surface area (Å²) in [6.07, 6.45) is 4.64. The second-order valence-electron chi connectivity index (χ2n) is 4.48. The number of benzene rings is 1. The third-order valence-corrected chi connectivity index (χ3v) is 2.93. The molecule has 0 saturated heterocycles. The van der Waals surface area contributed by atoms with Gasteiger partial charge in [-0.05, 0) is 12.0 Å². The first-order valence-corrected chi connectivity index (χ1v) is 6.63. The largest absolute Gasteiger partial charge is 0.351 e. The Morgan fingerprint density at radius 2 is 1.89 bits per heavy atom. The quantitative estimate of drug-likeness (QED) is 0.862. The summed E-state index contributed by atoms with van der Waals surface area (Å²) in [5, 5.41) is 0. The Balaban J connectivity index is 2.14. The van der Waals surface area contributed by atoms with Crippen molar-refractivity contribution in [3.8, 4) is 0 Å². The van der Waals surface area contributed by atoms with E-state index >= 15 is 0 Å². The van der Waals surface area contributed by atoms with Gasteiger partial charge in [0.25, 0.3) is 0 Å². The van der Waals surface area contributed by atoms with Crippen molar-refractivity contribution in [1.82, 2.24) is 9.97 Å². The monoisotopic (exact) mass is 256 g/mol. The molecule has 0 unspecified atom stereocenters. The van der Waals surface area contributed by atoms with Crippen LogP contribution in [0, 0.1) is 0 Å². The smallest absolute Gasteiger partial charge is 0.147 e. The molecule has 0 fully saturated rings. The van der Waals surface area contributed by atoms with E-state index in [1.807, 2.05) is 6.07 Å². The van der Waals surface area contributed by atoms with Crippen LogP contribution in [0.25, 0.3) is 0 Å². The van der Waals surface area contributed by atoms with Crippen LogP contribution in [0.15, 0.2) is 42.7 Å². The lowest BCUT2D eigenvalue weighted by Crippen LogP contribution is -2.24. The molecule has 4 nitrogen and oxygen atoms in total. The Bertz CT molecular complexity index is 481. The highest BCUT2D eigenvalue weighted by Gasteiger charge is 2.08. The van der Waals surface area contributed by atoms with E-state index < -0.39 is 0 Å². The molecule has 100 valence electrons. The molecule has 0 saturated carbocycles. The normalized spacial score (nSPS) is 10.4. The SMILES string of the molecule is CCCN(Cc1ccccc1)c1cnc(CN)cn1. The zero-order chi connectivity index (χ0) is 13.5. The Labute approximate surface area is 114 Å². The molecule has 2 N–H and O–H groups in total. The summed E-state index contributed by atoms with van der Waals surface area (Å²) in [7, 11) is 0. The molecule has 0 bridgehead atoms. The van der Waals surface area contributed by atoms with E-state index in [4.69, 9.17) is 5.73 Å². The summed E-state index contributed by atoms with van der Waals surface area (Å²) in [5.41, 5.74) is 7.64. The van der Waals surface area contributed by atoms with Gasteiger partial charge in [-0.1, -0.05) is 37.3 Å². The molecular formula is C15H20N4. The summed E-state index contributed by atoms with van der Waals surface area (Å²) in [4.78, 5) is 11.0. The van der Waals surface area contributed by atoms with E-state index in [2.05, 4.69) is 46.1 Å². The summed E-state index contributed by atoms with van der Waals surface area (Å²) < 4.78 is 0. The average molecular weight is 256 g/mol. The van der Waals surface area contributed by atoms with Gasteiger partial charge in [-0.25, -0.2) is 4.98 Å². The number of nitrogens with two attached hydrogens (primary N) is 1. The number of aromatic nitrogens is 2. The van der Waals surface area contributed by atoms with Crippen molar-refractivity contribution in [1.29, 1.82) is 0 Å². The third-order valence-electron chi connectivity index (χ3n) is 2.93. The molecule has 19 heavy (non-hydrogen) atoms. The summed E-state index contributed by atoms with van der Waals surface area (Å²) in [6.45, 7) is 4.41. The van der Waals surface area contributed by atoms with Crippen LogP contribution in [-0.4, -0.2) is 16.5 Å². The molecule has 0 aliphatic rings. The summed E-state index contributed by atoms with van der Waals surface area (Å²) in [5.74, 6) is 0.905. The van der Waals surface area contributed by atoms with Gasteiger partial charge in [0.05, 0.1) is 18.1 Å². The van der Waals surface area contributed by atoms with Crippen molar-refractivity contribution >= 4 is 5.82 Å². The Hall–Kier alpha value is -1.94. The molecule has 0 spiro atoms. The molecule has 1 heterocycles. The number of nitrogens with zero attached hydrogens (tertiary/aromatic N) is 3. The van der Waals surface area contributed by atoms with Gasteiger partial charge in [-0.15, -0.1) is 0 Å². The maximum Gasteiger partial charge on any atom is 0.147 e. The first-order valence-electron chi connectivity index (χ1n) is 6.63. The van der Waals surface area contributed by atoms with E-state index in [-0.39, 0.29) is 0 Å². The molecule has 1 aromatic carbocycles. The van der Waals surface area contributed by atoms with Gasteiger partial charge < -0.3 is 10.6 Å². The van der Waals surface area contributed by atoms with Crippen molar-refractivity contribution in [2.75, 3.05) is 11.4 Å². The van der Waals surface area contributed by atoms with Gasteiger partial charge in [-0.2, -0.15) is 0 Å². The summed E-state index contributed by atoms with van der Waals surface area (Å²) in [6, 6.07) is 10.4. The highest BCUT2D eigenvalue weighted by Crippen LogP contribution is 2.14. The number of rotatable bonds is 6. The highest BCUT2D eigenvalue weighted by molar-refractivity contribution is 5.37. The molecule has 0 aliphatic heterocycles. The maximum absolute atomic E-state index is 5.54. The lowest BCUT2D eigenvalue weighted by atomic mass is 10.2.